The Bertz CT molecular complexity index is 2200. The number of aliphatic imine (C=N–C) groups is 2. The van der Waals surface area contributed by atoms with Crippen LogP contribution in [0.2, 0.25) is 0 Å². The van der Waals surface area contributed by atoms with Crippen LogP contribution in [0.3, 0.4) is 0 Å². The predicted molar refractivity (Wildman–Crippen MR) is 236 cm³/mol. The number of hydrogen-bond acceptors (Lipinski definition) is 22. The lowest BCUT2D eigenvalue weighted by Crippen LogP contribution is -2.71. The van der Waals surface area contributed by atoms with Gasteiger partial charge in [0.25, 0.3) is 23.6 Å². The molecular formula is C36H44N10O15S4. The quantitative estimate of drug-likeness (QED) is 0.0344. The third-order valence-electron chi connectivity index (χ3n) is 10.0. The van der Waals surface area contributed by atoms with Gasteiger partial charge in [0, 0.05) is 55.9 Å². The Morgan fingerprint density at radius 2 is 1.35 bits per heavy atom. The number of oxime groups is 2. The minimum atomic E-state index is -1.36. The van der Waals surface area contributed by atoms with Crippen LogP contribution < -0.4 is 21.3 Å². The molecule has 3 saturated heterocycles. The van der Waals surface area contributed by atoms with Gasteiger partial charge in [-0.3, -0.25) is 48.6 Å². The fraction of sp³-hybridized carbons (Fsp3) is 0.556. The molecule has 0 bridgehead atoms. The van der Waals surface area contributed by atoms with E-state index >= 15 is 0 Å². The summed E-state index contributed by atoms with van der Waals surface area (Å²) in [7, 11) is 4.04. The lowest BCUT2D eigenvalue weighted by molar-refractivity contribution is -0.150. The smallest absolute Gasteiger partial charge is 0.352 e. The number of aliphatic carboxylic acids is 2. The van der Waals surface area contributed by atoms with Gasteiger partial charge in [-0.25, -0.2) is 9.59 Å². The molecule has 3 fully saturated rings. The first-order valence-electron chi connectivity index (χ1n) is 19.4. The van der Waals surface area contributed by atoms with Crippen LogP contribution in [0.4, 0.5) is 0 Å². The molecule has 0 radical (unpaired) electrons. The normalized spacial score (nSPS) is 26.2. The van der Waals surface area contributed by atoms with Gasteiger partial charge in [0.1, 0.15) is 61.7 Å². The van der Waals surface area contributed by atoms with Crippen molar-refractivity contribution in [3.8, 4) is 0 Å². The van der Waals surface area contributed by atoms with E-state index in [9.17, 15) is 48.6 Å². The van der Waals surface area contributed by atoms with Crippen molar-refractivity contribution >= 4 is 116 Å². The minimum absolute atomic E-state index is 0.0431. The summed E-state index contributed by atoms with van der Waals surface area (Å²) in [6, 6.07) is -2.75. The fourth-order valence-electron chi connectivity index (χ4n) is 6.96. The lowest BCUT2D eigenvalue weighted by Gasteiger charge is -2.49. The second-order valence-corrected chi connectivity index (χ2v) is 18.7. The summed E-state index contributed by atoms with van der Waals surface area (Å²) >= 11 is 4.96. The van der Waals surface area contributed by atoms with Crippen LogP contribution in [-0.4, -0.2) is 201 Å². The van der Waals surface area contributed by atoms with Crippen LogP contribution in [-0.2, 0) is 62.2 Å². The molecule has 0 aromatic heterocycles. The summed E-state index contributed by atoms with van der Waals surface area (Å²) in [5.41, 5.74) is -0.145. The highest BCUT2D eigenvalue weighted by molar-refractivity contribution is 8.15. The van der Waals surface area contributed by atoms with E-state index in [1.165, 1.54) is 82.2 Å². The van der Waals surface area contributed by atoms with Gasteiger partial charge in [0.2, 0.25) is 0 Å². The zero-order valence-electron chi connectivity index (χ0n) is 35.2. The third-order valence-corrected chi connectivity index (χ3v) is 14.9. The molecule has 6 aliphatic heterocycles. The highest BCUT2D eigenvalue weighted by atomic mass is 32.2. The molecule has 0 saturated carbocycles. The number of ether oxygens (including phenoxy) is 3. The molecule has 7 unspecified atom stereocenters. The van der Waals surface area contributed by atoms with E-state index in [-0.39, 0.29) is 78.3 Å². The number of fused-ring (bicyclic) bond motifs is 2. The molecule has 7 atom stereocenters. The Labute approximate surface area is 386 Å². The Morgan fingerprint density at radius 3 is 1.85 bits per heavy atom. The molecule has 6 aliphatic rings. The van der Waals surface area contributed by atoms with Crippen molar-refractivity contribution in [2.45, 2.75) is 54.1 Å². The maximum Gasteiger partial charge on any atom is 0.352 e. The van der Waals surface area contributed by atoms with Crippen molar-refractivity contribution in [1.29, 1.82) is 0 Å². The van der Waals surface area contributed by atoms with E-state index in [0.29, 0.717) is 16.1 Å². The van der Waals surface area contributed by atoms with Crippen LogP contribution in [0.15, 0.2) is 42.8 Å². The van der Waals surface area contributed by atoms with E-state index in [0.717, 1.165) is 9.80 Å². The topological polar surface area (TPSA) is 327 Å². The largest absolute Gasteiger partial charge is 0.477 e. The Kier molecular flexibility index (Phi) is 16.3. The molecule has 29 heteroatoms. The van der Waals surface area contributed by atoms with Gasteiger partial charge in [-0.05, 0) is 0 Å². The monoisotopic (exact) mass is 984 g/mol. The van der Waals surface area contributed by atoms with Crippen LogP contribution in [0.5, 0.6) is 0 Å². The minimum Gasteiger partial charge on any atom is -0.477 e. The van der Waals surface area contributed by atoms with Gasteiger partial charge in [-0.2, -0.15) is 0 Å². The number of thioether (sulfide) groups is 4. The zero-order chi connectivity index (χ0) is 47.1. The maximum absolute atomic E-state index is 13.5. The second-order valence-electron chi connectivity index (χ2n) is 14.3. The number of carbonyl (C=O) groups excluding carboxylic acids is 6. The van der Waals surface area contributed by atoms with Crippen LogP contribution in [0.1, 0.15) is 13.8 Å². The van der Waals surface area contributed by atoms with Gasteiger partial charge in [0.05, 0.1) is 30.5 Å². The molecule has 0 aliphatic carbocycles. The van der Waals surface area contributed by atoms with E-state index in [1.54, 1.807) is 0 Å². The average molecular weight is 985 g/mol. The highest BCUT2D eigenvalue weighted by Crippen LogP contribution is 2.42. The molecule has 65 heavy (non-hydrogen) atoms. The van der Waals surface area contributed by atoms with Crippen molar-refractivity contribution in [1.82, 2.24) is 31.1 Å². The summed E-state index contributed by atoms with van der Waals surface area (Å²) in [4.78, 5) is 121. The number of hydrogen-bond donors (Lipinski definition) is 6. The fourth-order valence-corrected chi connectivity index (χ4v) is 11.6. The highest BCUT2D eigenvalue weighted by Gasteiger charge is 2.56. The van der Waals surface area contributed by atoms with E-state index < -0.39 is 87.7 Å². The number of carboxylic acids is 2. The number of nitrogens with one attached hydrogen (secondary N) is 4. The first-order valence-corrected chi connectivity index (χ1v) is 23.4. The second kappa shape index (κ2) is 21.6. The molecule has 6 N–H and O–H groups in total. The SMILES string of the molecule is CON=C(C(=O)NC1C(=O)N2C(C(=O)O)=C(COC(C)=O)CSC12)C1CSC(=NCC(CNC2=NCC(C(=NOC)C(=O)NC3C(=O)N4C(C(=O)O)=C(COC(C)=O)CSC34)S2)OC)N1. The van der Waals surface area contributed by atoms with Crippen LogP contribution >= 0.6 is 47.0 Å². The van der Waals surface area contributed by atoms with Crippen molar-refractivity contribution in [2.24, 2.45) is 20.3 Å². The molecule has 4 amide bonds. The first kappa shape index (κ1) is 48.9. The molecule has 0 aromatic carbocycles. The summed E-state index contributed by atoms with van der Waals surface area (Å²) in [5, 5.41) is 38.1. The van der Waals surface area contributed by atoms with E-state index in [4.69, 9.17) is 23.9 Å². The Hall–Kier alpha value is -5.52. The number of carboxylic acid groups (broad SMARTS) is 2. The van der Waals surface area contributed by atoms with E-state index in [1.807, 2.05) is 0 Å². The van der Waals surface area contributed by atoms with Crippen LogP contribution in [0, 0.1) is 0 Å². The van der Waals surface area contributed by atoms with Gasteiger partial charge in [0.15, 0.2) is 21.8 Å². The predicted octanol–water partition coefficient (Wildman–Crippen LogP) is -2.27. The number of amidine groups is 2. The number of amides is 4. The zero-order valence-corrected chi connectivity index (χ0v) is 38.5. The summed E-state index contributed by atoms with van der Waals surface area (Å²) in [5.74, 6) is -5.94. The van der Waals surface area contributed by atoms with Crippen molar-refractivity contribution in [3.05, 3.63) is 22.5 Å². The molecule has 0 spiro atoms. The molecule has 6 heterocycles. The average Bonchev–Trinajstić information content (AvgIpc) is 3.96. The van der Waals surface area contributed by atoms with Gasteiger partial charge in [-0.15, -0.1) is 23.5 Å². The Morgan fingerprint density at radius 1 is 0.831 bits per heavy atom. The summed E-state index contributed by atoms with van der Waals surface area (Å²) < 4.78 is 15.6. The number of carbonyl (C=O) groups is 8. The molecular weight excluding hydrogens is 941 g/mol. The van der Waals surface area contributed by atoms with Gasteiger partial charge >= 0.3 is 23.9 Å². The Balaban J connectivity index is 0.972. The van der Waals surface area contributed by atoms with Crippen molar-refractivity contribution in [3.63, 3.8) is 0 Å². The molecule has 352 valence electrons. The summed E-state index contributed by atoms with van der Waals surface area (Å²) in [6.07, 6.45) is -0.461. The maximum atomic E-state index is 13.5. The number of β-lactam (4-membered cyclic amide) rings is 2. The number of nitrogens with zero attached hydrogens (tertiary/aromatic N) is 6. The first-order chi connectivity index (χ1) is 31.1. The number of rotatable bonds is 19. The molecule has 0 aromatic rings. The third kappa shape index (κ3) is 11.0. The number of esters is 2. The summed E-state index contributed by atoms with van der Waals surface area (Å²) in [6.45, 7) is 2.39. The van der Waals surface area contributed by atoms with Gasteiger partial charge < -0.3 is 55.4 Å². The molecule has 25 nitrogen and oxygen atoms in total. The van der Waals surface area contributed by atoms with Crippen LogP contribution in [0.25, 0.3) is 0 Å². The van der Waals surface area contributed by atoms with Gasteiger partial charge in [-0.1, -0.05) is 33.8 Å². The standard InChI is InChI=1S/C36H44N10O15S4/c1-14(47)60-9-16-11-62-31-23(29(51)45(31)25(16)33(53)54)41-27(49)21(43-58-4)19-13-64-36(40-19)38-7-18(57-3)6-37-35-39-8-20(65-35)22(44-59-5)28(50)42-24-30(52)46-26(34(55)56)17(10-61-15(2)48)12-63-32(24)46/h18-20,23-24,31-32H,6-13H2,1-5H3,(H,37,39)(H,38,40)(H,41,49)(H,42,50)(H,53,54)(H,55,56). The molecule has 6 rings (SSSR count). The number of methoxy groups -OCH3 is 1. The lowest BCUT2D eigenvalue weighted by atomic mass is 10.0. The van der Waals surface area contributed by atoms with E-state index in [2.05, 4.69) is 41.6 Å². The van der Waals surface area contributed by atoms with Crippen molar-refractivity contribution in [2.75, 3.05) is 71.4 Å². The van der Waals surface area contributed by atoms with Crippen molar-refractivity contribution < 1.29 is 72.5 Å².